The highest BCUT2D eigenvalue weighted by molar-refractivity contribution is 7.13. The number of esters is 1. The van der Waals surface area contributed by atoms with Crippen molar-refractivity contribution < 1.29 is 13.9 Å². The number of methoxy groups -OCH3 is 1. The van der Waals surface area contributed by atoms with Crippen LogP contribution < -0.4 is 5.32 Å². The maximum atomic E-state index is 11.1. The van der Waals surface area contributed by atoms with Crippen molar-refractivity contribution in [1.29, 1.82) is 0 Å². The van der Waals surface area contributed by atoms with Crippen molar-refractivity contribution in [3.63, 3.8) is 0 Å². The summed E-state index contributed by atoms with van der Waals surface area (Å²) in [4.78, 5) is 11.1. The summed E-state index contributed by atoms with van der Waals surface area (Å²) < 4.78 is 9.74. The summed E-state index contributed by atoms with van der Waals surface area (Å²) in [6.45, 7) is 0.451. The van der Waals surface area contributed by atoms with Gasteiger partial charge in [-0.2, -0.15) is 0 Å². The Morgan fingerprint density at radius 3 is 3.25 bits per heavy atom. The van der Waals surface area contributed by atoms with Crippen LogP contribution in [0.4, 0.5) is 5.13 Å². The lowest BCUT2D eigenvalue weighted by molar-refractivity contribution is 0.0600. The van der Waals surface area contributed by atoms with Gasteiger partial charge < -0.3 is 14.5 Å². The fraction of sp³-hybridized carbons (Fsp3) is 0.222. The highest BCUT2D eigenvalue weighted by Crippen LogP contribution is 2.13. The number of aromatic nitrogens is 2. The molecule has 0 aliphatic carbocycles. The minimum atomic E-state index is -0.411. The van der Waals surface area contributed by atoms with Gasteiger partial charge in [-0.15, -0.1) is 10.2 Å². The monoisotopic (exact) mass is 239 g/mol. The normalized spacial score (nSPS) is 10.1. The smallest absolute Gasteiger partial charge is 0.341 e. The zero-order valence-corrected chi connectivity index (χ0v) is 9.28. The van der Waals surface area contributed by atoms with Gasteiger partial charge in [0.1, 0.15) is 17.5 Å². The maximum Gasteiger partial charge on any atom is 0.341 e. The number of nitrogens with one attached hydrogen (secondary N) is 1. The Balaban J connectivity index is 1.95. The number of carbonyl (C=O) groups is 1. The van der Waals surface area contributed by atoms with E-state index in [0.29, 0.717) is 23.0 Å². The van der Waals surface area contributed by atoms with Gasteiger partial charge in [0.15, 0.2) is 0 Å². The van der Waals surface area contributed by atoms with Crippen molar-refractivity contribution in [2.24, 2.45) is 0 Å². The fourth-order valence-corrected chi connectivity index (χ4v) is 1.55. The van der Waals surface area contributed by atoms with Crippen LogP contribution in [-0.2, 0) is 11.3 Å². The minimum Gasteiger partial charge on any atom is -0.467 e. The first-order valence-corrected chi connectivity index (χ1v) is 5.33. The first kappa shape index (κ1) is 10.6. The molecule has 0 unspecified atom stereocenters. The van der Waals surface area contributed by atoms with Gasteiger partial charge in [0, 0.05) is 0 Å². The zero-order valence-electron chi connectivity index (χ0n) is 8.47. The SMILES string of the molecule is COC(=O)c1coc(CNc2nncs2)c1. The Morgan fingerprint density at radius 2 is 2.56 bits per heavy atom. The molecular weight excluding hydrogens is 230 g/mol. The number of rotatable bonds is 4. The van der Waals surface area contributed by atoms with Gasteiger partial charge in [-0.05, 0) is 6.07 Å². The summed E-state index contributed by atoms with van der Waals surface area (Å²) >= 11 is 1.39. The summed E-state index contributed by atoms with van der Waals surface area (Å²) in [5, 5.41) is 11.2. The van der Waals surface area contributed by atoms with Gasteiger partial charge in [-0.1, -0.05) is 11.3 Å². The molecule has 0 bridgehead atoms. The predicted octanol–water partition coefficient (Wildman–Crippen LogP) is 1.53. The van der Waals surface area contributed by atoms with Crippen LogP contribution in [-0.4, -0.2) is 23.3 Å². The Bertz CT molecular complexity index is 466. The van der Waals surface area contributed by atoms with Crippen molar-refractivity contribution in [2.45, 2.75) is 6.54 Å². The summed E-state index contributed by atoms with van der Waals surface area (Å²) in [6.07, 6.45) is 1.36. The van der Waals surface area contributed by atoms with Gasteiger partial charge in [0.05, 0.1) is 19.2 Å². The summed E-state index contributed by atoms with van der Waals surface area (Å²) in [5.74, 6) is 0.224. The van der Waals surface area contributed by atoms with E-state index in [1.54, 1.807) is 11.6 Å². The van der Waals surface area contributed by atoms with E-state index in [4.69, 9.17) is 4.42 Å². The second kappa shape index (κ2) is 4.75. The van der Waals surface area contributed by atoms with Gasteiger partial charge >= 0.3 is 5.97 Å². The Morgan fingerprint density at radius 1 is 1.69 bits per heavy atom. The molecule has 84 valence electrons. The topological polar surface area (TPSA) is 77.2 Å². The Hall–Kier alpha value is -1.89. The molecule has 0 spiro atoms. The lowest BCUT2D eigenvalue weighted by Gasteiger charge is -1.96. The molecule has 0 aromatic carbocycles. The summed E-state index contributed by atoms with van der Waals surface area (Å²) in [5.41, 5.74) is 2.03. The molecule has 2 aromatic heterocycles. The minimum absolute atomic E-state index is 0.400. The van der Waals surface area contributed by atoms with E-state index >= 15 is 0 Å². The second-order valence-electron chi connectivity index (χ2n) is 2.89. The Labute approximate surface area is 95.3 Å². The lowest BCUT2D eigenvalue weighted by Crippen LogP contribution is -2.00. The van der Waals surface area contributed by atoms with Crippen LogP contribution in [0.5, 0.6) is 0 Å². The Kier molecular flexibility index (Phi) is 3.16. The average molecular weight is 239 g/mol. The number of furan rings is 1. The van der Waals surface area contributed by atoms with E-state index in [1.807, 2.05) is 0 Å². The molecule has 0 saturated heterocycles. The first-order valence-electron chi connectivity index (χ1n) is 4.45. The van der Waals surface area contributed by atoms with E-state index in [1.165, 1.54) is 24.7 Å². The molecule has 0 fully saturated rings. The predicted molar refractivity (Wildman–Crippen MR) is 57.3 cm³/mol. The molecule has 2 rings (SSSR count). The molecule has 0 saturated carbocycles. The van der Waals surface area contributed by atoms with Crippen molar-refractivity contribution in [1.82, 2.24) is 10.2 Å². The molecule has 2 heterocycles. The molecule has 1 N–H and O–H groups in total. The fourth-order valence-electron chi connectivity index (χ4n) is 1.11. The van der Waals surface area contributed by atoms with Crippen LogP contribution >= 0.6 is 11.3 Å². The second-order valence-corrected chi connectivity index (χ2v) is 3.72. The van der Waals surface area contributed by atoms with Crippen molar-refractivity contribution in [2.75, 3.05) is 12.4 Å². The molecule has 0 radical (unpaired) electrons. The number of ether oxygens (including phenoxy) is 1. The van der Waals surface area contributed by atoms with Crippen LogP contribution in [0.15, 0.2) is 22.3 Å². The van der Waals surface area contributed by atoms with Crippen molar-refractivity contribution >= 4 is 22.4 Å². The number of hydrogen-bond acceptors (Lipinski definition) is 7. The first-order chi connectivity index (χ1) is 7.79. The average Bonchev–Trinajstić information content (AvgIpc) is 2.96. The van der Waals surface area contributed by atoms with Crippen LogP contribution in [0.2, 0.25) is 0 Å². The molecule has 0 atom stereocenters. The van der Waals surface area contributed by atoms with E-state index < -0.39 is 5.97 Å². The molecule has 16 heavy (non-hydrogen) atoms. The van der Waals surface area contributed by atoms with Crippen molar-refractivity contribution in [3.8, 4) is 0 Å². The van der Waals surface area contributed by atoms with E-state index in [-0.39, 0.29) is 0 Å². The van der Waals surface area contributed by atoms with E-state index in [0.717, 1.165) is 0 Å². The number of anilines is 1. The van der Waals surface area contributed by atoms with Crippen molar-refractivity contribution in [3.05, 3.63) is 29.2 Å². The molecular formula is C9H9N3O3S. The molecule has 7 heteroatoms. The van der Waals surface area contributed by atoms with Crippen LogP contribution in [0.25, 0.3) is 0 Å². The molecule has 0 aliphatic heterocycles. The number of hydrogen-bond donors (Lipinski definition) is 1. The quantitative estimate of drug-likeness (QED) is 0.815. The van der Waals surface area contributed by atoms with E-state index in [9.17, 15) is 4.79 Å². The van der Waals surface area contributed by atoms with Crippen LogP contribution in [0.3, 0.4) is 0 Å². The van der Waals surface area contributed by atoms with Gasteiger partial charge in [0.25, 0.3) is 0 Å². The number of carbonyl (C=O) groups excluding carboxylic acids is 1. The van der Waals surface area contributed by atoms with Crippen LogP contribution in [0.1, 0.15) is 16.1 Å². The maximum absolute atomic E-state index is 11.1. The highest BCUT2D eigenvalue weighted by atomic mass is 32.1. The third kappa shape index (κ3) is 2.37. The van der Waals surface area contributed by atoms with Gasteiger partial charge in [0.2, 0.25) is 5.13 Å². The largest absolute Gasteiger partial charge is 0.467 e. The summed E-state index contributed by atoms with van der Waals surface area (Å²) in [6, 6.07) is 1.62. The van der Waals surface area contributed by atoms with Gasteiger partial charge in [-0.25, -0.2) is 4.79 Å². The lowest BCUT2D eigenvalue weighted by atomic mass is 10.3. The van der Waals surface area contributed by atoms with E-state index in [2.05, 4.69) is 20.3 Å². The standard InChI is InChI=1S/C9H9N3O3S/c1-14-8(13)6-2-7(15-4-6)3-10-9-12-11-5-16-9/h2,4-5H,3H2,1H3,(H,10,12). The van der Waals surface area contributed by atoms with Crippen LogP contribution in [0, 0.1) is 0 Å². The zero-order chi connectivity index (χ0) is 11.4. The third-order valence-corrected chi connectivity index (χ3v) is 2.50. The van der Waals surface area contributed by atoms with Gasteiger partial charge in [-0.3, -0.25) is 0 Å². The number of nitrogens with zero attached hydrogens (tertiary/aromatic N) is 2. The molecule has 0 aliphatic rings. The molecule has 6 nitrogen and oxygen atoms in total. The third-order valence-electron chi connectivity index (χ3n) is 1.85. The summed E-state index contributed by atoms with van der Waals surface area (Å²) in [7, 11) is 1.33. The molecule has 0 amide bonds. The molecule has 2 aromatic rings. The highest BCUT2D eigenvalue weighted by Gasteiger charge is 2.10.